The van der Waals surface area contributed by atoms with E-state index >= 15 is 0 Å². The summed E-state index contributed by atoms with van der Waals surface area (Å²) in [5.74, 6) is -0.356. The first-order valence-electron chi connectivity index (χ1n) is 9.04. The van der Waals surface area contributed by atoms with Crippen molar-refractivity contribution < 1.29 is 22.9 Å². The molecule has 1 aromatic heterocycles. The highest BCUT2D eigenvalue weighted by atomic mass is 32.2. The number of nitrogens with zero attached hydrogens (tertiary/aromatic N) is 3. The first kappa shape index (κ1) is 20.8. The second-order valence-corrected chi connectivity index (χ2v) is 8.67. The largest absolute Gasteiger partial charge is 0.495 e. The maximum absolute atomic E-state index is 12.8. The van der Waals surface area contributed by atoms with Gasteiger partial charge in [0.15, 0.2) is 0 Å². The Morgan fingerprint density at radius 3 is 2.52 bits per heavy atom. The molecule has 1 fully saturated rings. The number of rotatable bonds is 6. The number of piperidine rings is 1. The van der Waals surface area contributed by atoms with Crippen LogP contribution in [0.2, 0.25) is 0 Å². The highest BCUT2D eigenvalue weighted by Crippen LogP contribution is 2.30. The quantitative estimate of drug-likeness (QED) is 0.563. The Balaban J connectivity index is 1.88. The van der Waals surface area contributed by atoms with Crippen molar-refractivity contribution in [1.82, 2.24) is 8.87 Å². The zero-order valence-corrected chi connectivity index (χ0v) is 16.9. The fourth-order valence-corrected chi connectivity index (χ4v) is 4.84. The van der Waals surface area contributed by atoms with Crippen molar-refractivity contribution >= 4 is 27.3 Å². The van der Waals surface area contributed by atoms with Crippen LogP contribution in [-0.2, 0) is 17.1 Å². The van der Waals surface area contributed by atoms with Crippen molar-refractivity contribution in [1.29, 1.82) is 0 Å². The van der Waals surface area contributed by atoms with Crippen LogP contribution in [0.25, 0.3) is 0 Å². The summed E-state index contributed by atoms with van der Waals surface area (Å²) in [5.41, 5.74) is 0.0174. The Kier molecular flexibility index (Phi) is 5.89. The predicted octanol–water partition coefficient (Wildman–Crippen LogP) is 2.37. The minimum absolute atomic E-state index is 0.0399. The summed E-state index contributed by atoms with van der Waals surface area (Å²) in [6, 6.07) is 5.14. The lowest BCUT2D eigenvalue weighted by Crippen LogP contribution is -2.35. The number of benzene rings is 1. The highest BCUT2D eigenvalue weighted by Gasteiger charge is 2.28. The van der Waals surface area contributed by atoms with Crippen LogP contribution < -0.4 is 10.1 Å². The Morgan fingerprint density at radius 1 is 1.21 bits per heavy atom. The first-order valence-corrected chi connectivity index (χ1v) is 10.5. The van der Waals surface area contributed by atoms with Crippen molar-refractivity contribution in [3.63, 3.8) is 0 Å². The number of nitrogens with one attached hydrogen (secondary N) is 1. The van der Waals surface area contributed by atoms with Gasteiger partial charge in [0, 0.05) is 38.5 Å². The molecule has 0 spiro atoms. The van der Waals surface area contributed by atoms with Crippen LogP contribution in [-0.4, -0.2) is 48.3 Å². The monoisotopic (exact) mass is 422 g/mol. The summed E-state index contributed by atoms with van der Waals surface area (Å²) < 4.78 is 33.7. The summed E-state index contributed by atoms with van der Waals surface area (Å²) >= 11 is 0. The smallest absolute Gasteiger partial charge is 0.272 e. The van der Waals surface area contributed by atoms with E-state index in [0.717, 1.165) is 19.3 Å². The van der Waals surface area contributed by atoms with E-state index in [9.17, 15) is 23.3 Å². The summed E-state index contributed by atoms with van der Waals surface area (Å²) in [5, 5.41) is 13.6. The van der Waals surface area contributed by atoms with Gasteiger partial charge in [-0.1, -0.05) is 6.42 Å². The molecule has 0 saturated carbocycles. The molecule has 29 heavy (non-hydrogen) atoms. The number of nitro benzene ring substituents is 1. The number of sulfonamides is 1. The Labute approximate surface area is 168 Å². The number of nitro groups is 1. The number of ether oxygens (including phenoxy) is 1. The molecule has 1 amide bonds. The lowest BCUT2D eigenvalue weighted by atomic mass is 10.2. The van der Waals surface area contributed by atoms with E-state index in [2.05, 4.69) is 5.32 Å². The van der Waals surface area contributed by atoms with Gasteiger partial charge in [0.05, 0.1) is 17.7 Å². The molecule has 0 unspecified atom stereocenters. The molecule has 3 rings (SSSR count). The van der Waals surface area contributed by atoms with Gasteiger partial charge >= 0.3 is 0 Å². The van der Waals surface area contributed by atoms with Crippen LogP contribution in [0.5, 0.6) is 5.75 Å². The van der Waals surface area contributed by atoms with E-state index in [-0.39, 0.29) is 27.7 Å². The van der Waals surface area contributed by atoms with Crippen LogP contribution in [0.4, 0.5) is 11.4 Å². The molecule has 1 aromatic carbocycles. The molecule has 0 radical (unpaired) electrons. The number of hydrogen-bond donors (Lipinski definition) is 1. The van der Waals surface area contributed by atoms with E-state index in [1.165, 1.54) is 46.4 Å². The summed E-state index contributed by atoms with van der Waals surface area (Å²) in [4.78, 5) is 23.2. The molecule has 0 atom stereocenters. The Bertz CT molecular complexity index is 1040. The van der Waals surface area contributed by atoms with Crippen molar-refractivity contribution in [2.45, 2.75) is 24.2 Å². The van der Waals surface area contributed by atoms with Gasteiger partial charge in [-0.25, -0.2) is 8.42 Å². The third-order valence-corrected chi connectivity index (χ3v) is 6.67. The van der Waals surface area contributed by atoms with Crippen LogP contribution >= 0.6 is 0 Å². The van der Waals surface area contributed by atoms with Crippen LogP contribution in [0.1, 0.15) is 29.8 Å². The normalized spacial score (nSPS) is 15.1. The number of aromatic nitrogens is 1. The number of carbonyl (C=O) groups is 1. The average molecular weight is 422 g/mol. The Morgan fingerprint density at radius 2 is 1.90 bits per heavy atom. The average Bonchev–Trinajstić information content (AvgIpc) is 3.11. The van der Waals surface area contributed by atoms with Gasteiger partial charge in [-0.15, -0.1) is 0 Å². The summed E-state index contributed by atoms with van der Waals surface area (Å²) in [6.45, 7) is 0.924. The van der Waals surface area contributed by atoms with E-state index in [4.69, 9.17) is 4.74 Å². The number of non-ortho nitro benzene ring substituents is 1. The second kappa shape index (κ2) is 8.21. The van der Waals surface area contributed by atoms with E-state index in [1.807, 2.05) is 0 Å². The number of hydrogen-bond acceptors (Lipinski definition) is 6. The maximum atomic E-state index is 12.8. The standard InChI is InChI=1S/C18H22N4O6S/c1-20-12-14(29(26,27)21-8-4-3-5-9-21)11-16(20)18(23)19-15-10-13(22(24)25)6-7-17(15)28-2/h6-7,10-12H,3-5,8-9H2,1-2H3,(H,19,23). The van der Waals surface area contributed by atoms with Gasteiger partial charge in [0.1, 0.15) is 16.3 Å². The number of amides is 1. The van der Waals surface area contributed by atoms with Crippen molar-refractivity contribution in [2.75, 3.05) is 25.5 Å². The Hall–Kier alpha value is -2.92. The minimum atomic E-state index is -3.68. The van der Waals surface area contributed by atoms with Gasteiger partial charge in [-0.2, -0.15) is 4.31 Å². The number of methoxy groups -OCH3 is 1. The molecule has 2 aromatic rings. The fraction of sp³-hybridized carbons (Fsp3) is 0.389. The van der Waals surface area contributed by atoms with E-state index < -0.39 is 20.9 Å². The lowest BCUT2D eigenvalue weighted by molar-refractivity contribution is -0.384. The number of carbonyl (C=O) groups excluding carboxylic acids is 1. The molecular formula is C18H22N4O6S. The zero-order chi connectivity index (χ0) is 21.2. The van der Waals surface area contributed by atoms with Gasteiger partial charge < -0.3 is 14.6 Å². The van der Waals surface area contributed by atoms with E-state index in [0.29, 0.717) is 13.1 Å². The molecule has 1 saturated heterocycles. The summed E-state index contributed by atoms with van der Waals surface area (Å²) in [6.07, 6.45) is 4.01. The van der Waals surface area contributed by atoms with Gasteiger partial charge in [-0.3, -0.25) is 14.9 Å². The van der Waals surface area contributed by atoms with Crippen molar-refractivity contribution in [3.8, 4) is 5.75 Å². The van der Waals surface area contributed by atoms with Crippen molar-refractivity contribution in [3.05, 3.63) is 46.3 Å². The van der Waals surface area contributed by atoms with Gasteiger partial charge in [0.25, 0.3) is 11.6 Å². The third-order valence-electron chi connectivity index (χ3n) is 4.81. The number of anilines is 1. The fourth-order valence-electron chi connectivity index (χ4n) is 3.25. The molecule has 0 aliphatic carbocycles. The predicted molar refractivity (Wildman–Crippen MR) is 106 cm³/mol. The molecule has 10 nitrogen and oxygen atoms in total. The zero-order valence-electron chi connectivity index (χ0n) is 16.1. The third kappa shape index (κ3) is 4.25. The first-order chi connectivity index (χ1) is 13.7. The molecule has 2 heterocycles. The van der Waals surface area contributed by atoms with E-state index in [1.54, 1.807) is 7.05 Å². The highest BCUT2D eigenvalue weighted by molar-refractivity contribution is 7.89. The lowest BCUT2D eigenvalue weighted by Gasteiger charge is -2.25. The molecule has 156 valence electrons. The maximum Gasteiger partial charge on any atom is 0.272 e. The van der Waals surface area contributed by atoms with Crippen LogP contribution in [0.3, 0.4) is 0 Å². The molecular weight excluding hydrogens is 400 g/mol. The second-order valence-electron chi connectivity index (χ2n) is 6.73. The number of aryl methyl sites for hydroxylation is 1. The molecule has 11 heteroatoms. The van der Waals surface area contributed by atoms with Crippen molar-refractivity contribution in [2.24, 2.45) is 7.05 Å². The molecule has 1 N–H and O–H groups in total. The molecule has 1 aliphatic heterocycles. The van der Waals surface area contributed by atoms with Crippen LogP contribution in [0, 0.1) is 10.1 Å². The SMILES string of the molecule is COc1ccc([N+](=O)[O-])cc1NC(=O)c1cc(S(=O)(=O)N2CCCCC2)cn1C. The van der Waals surface area contributed by atoms with Gasteiger partial charge in [-0.05, 0) is 25.0 Å². The minimum Gasteiger partial charge on any atom is -0.495 e. The summed E-state index contributed by atoms with van der Waals surface area (Å²) in [7, 11) is -0.740. The van der Waals surface area contributed by atoms with Gasteiger partial charge in [0.2, 0.25) is 10.0 Å². The topological polar surface area (TPSA) is 124 Å². The molecule has 1 aliphatic rings. The van der Waals surface area contributed by atoms with Crippen LogP contribution in [0.15, 0.2) is 35.4 Å². The molecule has 0 bridgehead atoms.